The minimum Gasteiger partial charge on any atom is -0.497 e. The number of hydrogen-bond acceptors (Lipinski definition) is 2. The number of ether oxygens (including phenoxy) is 1. The number of carbonyl (C=O) groups is 1. The predicted octanol–water partition coefficient (Wildman–Crippen LogP) is 2.20. The lowest BCUT2D eigenvalue weighted by Crippen LogP contribution is -2.02. The molecule has 1 aliphatic rings. The quantitative estimate of drug-likeness (QED) is 0.824. The molecule has 2 rings (SSSR count). The number of benzene rings is 1. The second kappa shape index (κ2) is 3.93. The molecule has 3 nitrogen and oxygen atoms in total. The summed E-state index contributed by atoms with van der Waals surface area (Å²) in [6.45, 7) is 0. The van der Waals surface area contributed by atoms with Crippen LogP contribution < -0.4 is 4.74 Å². The van der Waals surface area contributed by atoms with E-state index >= 15 is 0 Å². The lowest BCUT2D eigenvalue weighted by Gasteiger charge is -2.09. The first-order valence-electron chi connectivity index (χ1n) is 5.09. The molecule has 1 N–H and O–H groups in total. The summed E-state index contributed by atoms with van der Waals surface area (Å²) < 4.78 is 5.14. The zero-order valence-electron chi connectivity index (χ0n) is 8.69. The van der Waals surface area contributed by atoms with Crippen molar-refractivity contribution in [2.75, 3.05) is 7.11 Å². The third-order valence-corrected chi connectivity index (χ3v) is 2.97. The van der Waals surface area contributed by atoms with Gasteiger partial charge in [-0.15, -0.1) is 0 Å². The molecule has 0 spiro atoms. The average Bonchev–Trinajstić information content (AvgIpc) is 2.60. The van der Waals surface area contributed by atoms with Crippen LogP contribution in [0.4, 0.5) is 0 Å². The standard InChI is InChI=1S/C12H14O3/c1-15-10-4-5-11-8(6-10)2-3-9(11)7-12(13)14/h4-6,9H,2-3,7H2,1H3,(H,13,14). The number of fused-ring (bicyclic) bond motifs is 1. The minimum absolute atomic E-state index is 0.184. The molecule has 0 aliphatic heterocycles. The van der Waals surface area contributed by atoms with Gasteiger partial charge < -0.3 is 9.84 Å². The Morgan fingerprint density at radius 1 is 1.60 bits per heavy atom. The molecule has 15 heavy (non-hydrogen) atoms. The van der Waals surface area contributed by atoms with E-state index in [-0.39, 0.29) is 12.3 Å². The molecule has 1 unspecified atom stereocenters. The van der Waals surface area contributed by atoms with Crippen LogP contribution in [0.5, 0.6) is 5.75 Å². The molecule has 0 saturated heterocycles. The van der Waals surface area contributed by atoms with Gasteiger partial charge in [-0.25, -0.2) is 0 Å². The first-order valence-corrected chi connectivity index (χ1v) is 5.09. The molecule has 1 aliphatic carbocycles. The molecule has 0 bridgehead atoms. The van der Waals surface area contributed by atoms with E-state index in [2.05, 4.69) is 0 Å². The Balaban J connectivity index is 2.24. The fraction of sp³-hybridized carbons (Fsp3) is 0.417. The van der Waals surface area contributed by atoms with Gasteiger partial charge in [0.1, 0.15) is 5.75 Å². The molecule has 1 atom stereocenters. The van der Waals surface area contributed by atoms with Crippen molar-refractivity contribution in [3.05, 3.63) is 29.3 Å². The van der Waals surface area contributed by atoms with Crippen LogP contribution in [-0.2, 0) is 11.2 Å². The molecule has 0 amide bonds. The molecular weight excluding hydrogens is 192 g/mol. The normalized spacial score (nSPS) is 18.6. The summed E-state index contributed by atoms with van der Waals surface area (Å²) in [5.41, 5.74) is 2.42. The number of aliphatic carboxylic acids is 1. The smallest absolute Gasteiger partial charge is 0.303 e. The summed E-state index contributed by atoms with van der Waals surface area (Å²) >= 11 is 0. The SMILES string of the molecule is COc1ccc2c(c1)CCC2CC(=O)O. The van der Waals surface area contributed by atoms with Crippen LogP contribution in [0, 0.1) is 0 Å². The third-order valence-electron chi connectivity index (χ3n) is 2.97. The van der Waals surface area contributed by atoms with E-state index in [1.807, 2.05) is 18.2 Å². The summed E-state index contributed by atoms with van der Waals surface area (Å²) in [5.74, 6) is 0.316. The van der Waals surface area contributed by atoms with Crippen molar-refractivity contribution in [2.24, 2.45) is 0 Å². The van der Waals surface area contributed by atoms with Crippen LogP contribution in [-0.4, -0.2) is 18.2 Å². The van der Waals surface area contributed by atoms with Crippen molar-refractivity contribution < 1.29 is 14.6 Å². The highest BCUT2D eigenvalue weighted by atomic mass is 16.5. The number of carboxylic acid groups (broad SMARTS) is 1. The van der Waals surface area contributed by atoms with Gasteiger partial charge in [-0.05, 0) is 42.0 Å². The topological polar surface area (TPSA) is 46.5 Å². The lowest BCUT2D eigenvalue weighted by molar-refractivity contribution is -0.137. The monoisotopic (exact) mass is 206 g/mol. The van der Waals surface area contributed by atoms with Crippen molar-refractivity contribution in [1.82, 2.24) is 0 Å². The maximum Gasteiger partial charge on any atom is 0.303 e. The Kier molecular flexibility index (Phi) is 2.62. The summed E-state index contributed by atoms with van der Waals surface area (Å²) in [7, 11) is 1.64. The summed E-state index contributed by atoms with van der Waals surface area (Å²) in [4.78, 5) is 10.7. The van der Waals surface area contributed by atoms with Crippen LogP contribution in [0.2, 0.25) is 0 Å². The first-order chi connectivity index (χ1) is 7.20. The zero-order chi connectivity index (χ0) is 10.8. The van der Waals surface area contributed by atoms with E-state index in [0.717, 1.165) is 18.6 Å². The molecule has 3 heteroatoms. The third kappa shape index (κ3) is 1.96. The molecule has 1 aromatic rings. The fourth-order valence-electron chi connectivity index (χ4n) is 2.23. The van der Waals surface area contributed by atoms with Gasteiger partial charge >= 0.3 is 5.97 Å². The Bertz CT molecular complexity index is 384. The van der Waals surface area contributed by atoms with Gasteiger partial charge in [0.2, 0.25) is 0 Å². The molecule has 0 aromatic heterocycles. The lowest BCUT2D eigenvalue weighted by atomic mass is 9.98. The van der Waals surface area contributed by atoms with Gasteiger partial charge in [0.25, 0.3) is 0 Å². The van der Waals surface area contributed by atoms with Crippen LogP contribution >= 0.6 is 0 Å². The number of hydrogen-bond donors (Lipinski definition) is 1. The number of rotatable bonds is 3. The van der Waals surface area contributed by atoms with Crippen molar-refractivity contribution in [3.8, 4) is 5.75 Å². The van der Waals surface area contributed by atoms with Gasteiger partial charge in [-0.1, -0.05) is 6.07 Å². The van der Waals surface area contributed by atoms with Crippen molar-refractivity contribution in [3.63, 3.8) is 0 Å². The summed E-state index contributed by atoms with van der Waals surface area (Å²) in [6.07, 6.45) is 2.14. The average molecular weight is 206 g/mol. The highest BCUT2D eigenvalue weighted by Crippen LogP contribution is 2.37. The Morgan fingerprint density at radius 2 is 2.40 bits per heavy atom. The van der Waals surface area contributed by atoms with Crippen LogP contribution in [0.1, 0.15) is 29.9 Å². The second-order valence-corrected chi connectivity index (χ2v) is 3.90. The van der Waals surface area contributed by atoms with Gasteiger partial charge in [0.05, 0.1) is 13.5 Å². The molecule has 80 valence electrons. The Morgan fingerprint density at radius 3 is 3.07 bits per heavy atom. The first kappa shape index (κ1) is 10.0. The van der Waals surface area contributed by atoms with E-state index in [4.69, 9.17) is 9.84 Å². The van der Waals surface area contributed by atoms with Gasteiger partial charge in [-0.2, -0.15) is 0 Å². The maximum absolute atomic E-state index is 10.7. The van der Waals surface area contributed by atoms with E-state index in [1.54, 1.807) is 7.11 Å². The highest BCUT2D eigenvalue weighted by molar-refractivity contribution is 5.68. The van der Waals surface area contributed by atoms with Crippen molar-refractivity contribution >= 4 is 5.97 Å². The van der Waals surface area contributed by atoms with E-state index in [1.165, 1.54) is 11.1 Å². The van der Waals surface area contributed by atoms with Gasteiger partial charge in [0.15, 0.2) is 0 Å². The van der Waals surface area contributed by atoms with Crippen molar-refractivity contribution in [1.29, 1.82) is 0 Å². The van der Waals surface area contributed by atoms with Crippen molar-refractivity contribution in [2.45, 2.75) is 25.2 Å². The molecule has 1 aromatic carbocycles. The number of carboxylic acids is 1. The molecular formula is C12H14O3. The summed E-state index contributed by atoms with van der Waals surface area (Å²) in [6, 6.07) is 5.91. The largest absolute Gasteiger partial charge is 0.497 e. The van der Waals surface area contributed by atoms with Crippen LogP contribution in [0.15, 0.2) is 18.2 Å². The van der Waals surface area contributed by atoms with E-state index in [9.17, 15) is 4.79 Å². The Labute approximate surface area is 88.7 Å². The van der Waals surface area contributed by atoms with E-state index in [0.29, 0.717) is 0 Å². The predicted molar refractivity (Wildman–Crippen MR) is 56.3 cm³/mol. The summed E-state index contributed by atoms with van der Waals surface area (Å²) in [5, 5.41) is 8.78. The second-order valence-electron chi connectivity index (χ2n) is 3.90. The minimum atomic E-state index is -0.719. The molecule has 0 heterocycles. The molecule has 0 saturated carbocycles. The molecule has 0 fully saturated rings. The highest BCUT2D eigenvalue weighted by Gasteiger charge is 2.24. The Hall–Kier alpha value is -1.51. The number of methoxy groups -OCH3 is 1. The van der Waals surface area contributed by atoms with Gasteiger partial charge in [0, 0.05) is 0 Å². The van der Waals surface area contributed by atoms with E-state index < -0.39 is 5.97 Å². The van der Waals surface area contributed by atoms with Gasteiger partial charge in [-0.3, -0.25) is 4.79 Å². The van der Waals surface area contributed by atoms with Crippen LogP contribution in [0.3, 0.4) is 0 Å². The molecule has 0 radical (unpaired) electrons. The number of aryl methyl sites for hydroxylation is 1. The fourth-order valence-corrected chi connectivity index (χ4v) is 2.23. The maximum atomic E-state index is 10.7. The van der Waals surface area contributed by atoms with Crippen LogP contribution in [0.25, 0.3) is 0 Å². The zero-order valence-corrected chi connectivity index (χ0v) is 8.69.